The first kappa shape index (κ1) is 14.1. The predicted octanol–water partition coefficient (Wildman–Crippen LogP) is 2.87. The molecule has 19 heavy (non-hydrogen) atoms. The fourth-order valence-electron chi connectivity index (χ4n) is 1.34. The van der Waals surface area contributed by atoms with Gasteiger partial charge in [-0.15, -0.1) is 11.3 Å². The molecule has 1 heterocycles. The van der Waals surface area contributed by atoms with Gasteiger partial charge in [0.1, 0.15) is 10.7 Å². The lowest BCUT2D eigenvalue weighted by molar-refractivity contribution is 0.102. The molecule has 0 aliphatic rings. The van der Waals surface area contributed by atoms with E-state index < -0.39 is 5.91 Å². The molecule has 0 atom stereocenters. The molecule has 2 aromatic rings. The molecule has 8 heteroatoms. The van der Waals surface area contributed by atoms with Gasteiger partial charge in [0, 0.05) is 17.6 Å². The van der Waals surface area contributed by atoms with Crippen molar-refractivity contribution in [2.45, 2.75) is 6.54 Å². The number of anilines is 1. The molecule has 5 nitrogen and oxygen atoms in total. The Morgan fingerprint density at radius 2 is 2.05 bits per heavy atom. The molecule has 0 unspecified atom stereocenters. The number of carbonyl (C=O) groups is 1. The number of carbonyl (C=O) groups excluding carboxylic acids is 1. The number of nitrogens with zero attached hydrogens (tertiary/aromatic N) is 1. The van der Waals surface area contributed by atoms with Crippen molar-refractivity contribution in [2.24, 2.45) is 5.73 Å². The van der Waals surface area contributed by atoms with E-state index in [1.165, 1.54) is 23.5 Å². The quantitative estimate of drug-likeness (QED) is 0.759. The number of benzene rings is 1. The highest BCUT2D eigenvalue weighted by molar-refractivity contribution is 7.09. The summed E-state index contributed by atoms with van der Waals surface area (Å²) in [7, 11) is 0. The van der Waals surface area contributed by atoms with Gasteiger partial charge in [-0.25, -0.2) is 4.98 Å². The van der Waals surface area contributed by atoms with E-state index in [1.807, 2.05) is 0 Å². The molecule has 0 fully saturated rings. The number of nitrogens with one attached hydrogen (secondary N) is 1. The summed E-state index contributed by atoms with van der Waals surface area (Å²) in [5.74, 6) is -0.616. The highest BCUT2D eigenvalue weighted by atomic mass is 35.5. The summed E-state index contributed by atoms with van der Waals surface area (Å²) in [5.41, 5.74) is 6.07. The number of hydrogen-bond acceptors (Lipinski definition) is 5. The van der Waals surface area contributed by atoms with E-state index in [0.717, 1.165) is 0 Å². The minimum atomic E-state index is -0.395. The lowest BCUT2D eigenvalue weighted by Gasteiger charge is -2.06. The standard InChI is InChI=1S/C11H9Cl2N3O2S/c12-6-1-5(2-7(13)10(6)17)15-11(18)8-4-19-9(3-14)16-8/h1-2,4,17H,3,14H2,(H,15,18). The van der Waals surface area contributed by atoms with Gasteiger partial charge in [0.2, 0.25) is 0 Å². The van der Waals surface area contributed by atoms with E-state index in [9.17, 15) is 9.90 Å². The number of thiazole rings is 1. The molecule has 0 aliphatic heterocycles. The van der Waals surface area contributed by atoms with Crippen molar-refractivity contribution in [1.29, 1.82) is 0 Å². The van der Waals surface area contributed by atoms with E-state index in [2.05, 4.69) is 10.3 Å². The number of nitrogens with two attached hydrogens (primary N) is 1. The lowest BCUT2D eigenvalue weighted by atomic mass is 10.3. The largest absolute Gasteiger partial charge is 0.505 e. The normalized spacial score (nSPS) is 10.5. The maximum absolute atomic E-state index is 11.9. The SMILES string of the molecule is NCc1nc(C(=O)Nc2cc(Cl)c(O)c(Cl)c2)cs1. The van der Waals surface area contributed by atoms with Crippen LogP contribution in [0.15, 0.2) is 17.5 Å². The first-order valence-electron chi connectivity index (χ1n) is 5.15. The molecule has 2 rings (SSSR count). The highest BCUT2D eigenvalue weighted by Crippen LogP contribution is 2.34. The minimum absolute atomic E-state index is 0.0590. The zero-order chi connectivity index (χ0) is 14.0. The van der Waals surface area contributed by atoms with Crippen LogP contribution in [-0.4, -0.2) is 16.0 Å². The molecule has 100 valence electrons. The Labute approximate surface area is 123 Å². The van der Waals surface area contributed by atoms with Crippen molar-refractivity contribution in [3.63, 3.8) is 0 Å². The molecule has 0 bridgehead atoms. The number of aromatic hydroxyl groups is 1. The average Bonchev–Trinajstić information content (AvgIpc) is 2.84. The van der Waals surface area contributed by atoms with Gasteiger partial charge in [0.15, 0.2) is 5.75 Å². The lowest BCUT2D eigenvalue weighted by Crippen LogP contribution is -2.12. The van der Waals surface area contributed by atoms with Gasteiger partial charge in [-0.05, 0) is 12.1 Å². The second-order valence-electron chi connectivity index (χ2n) is 3.57. The van der Waals surface area contributed by atoms with Crippen LogP contribution in [-0.2, 0) is 6.54 Å². The number of hydrogen-bond donors (Lipinski definition) is 3. The van der Waals surface area contributed by atoms with E-state index in [-0.39, 0.29) is 28.0 Å². The van der Waals surface area contributed by atoms with Crippen LogP contribution in [0.4, 0.5) is 5.69 Å². The summed E-state index contributed by atoms with van der Waals surface area (Å²) in [6.45, 7) is 0.287. The van der Waals surface area contributed by atoms with Crippen LogP contribution < -0.4 is 11.1 Å². The van der Waals surface area contributed by atoms with Gasteiger partial charge >= 0.3 is 0 Å². The van der Waals surface area contributed by atoms with Crippen LogP contribution in [0.5, 0.6) is 5.75 Å². The number of aromatic nitrogens is 1. The molecule has 0 radical (unpaired) electrons. The van der Waals surface area contributed by atoms with Crippen LogP contribution in [0.3, 0.4) is 0 Å². The van der Waals surface area contributed by atoms with Crippen LogP contribution >= 0.6 is 34.5 Å². The molecule has 1 amide bonds. The van der Waals surface area contributed by atoms with E-state index in [1.54, 1.807) is 5.38 Å². The van der Waals surface area contributed by atoms with Crippen molar-refractivity contribution in [1.82, 2.24) is 4.98 Å². The van der Waals surface area contributed by atoms with Gasteiger partial charge < -0.3 is 16.2 Å². The maximum Gasteiger partial charge on any atom is 0.275 e. The summed E-state index contributed by atoms with van der Waals surface area (Å²) in [6.07, 6.45) is 0. The zero-order valence-electron chi connectivity index (χ0n) is 9.48. The Morgan fingerprint density at radius 1 is 1.42 bits per heavy atom. The Balaban J connectivity index is 2.19. The third kappa shape index (κ3) is 3.16. The fourth-order valence-corrected chi connectivity index (χ4v) is 2.48. The monoisotopic (exact) mass is 317 g/mol. The van der Waals surface area contributed by atoms with Crippen molar-refractivity contribution < 1.29 is 9.90 Å². The summed E-state index contributed by atoms with van der Waals surface area (Å²) in [5, 5.41) is 14.4. The minimum Gasteiger partial charge on any atom is -0.505 e. The van der Waals surface area contributed by atoms with Crippen LogP contribution in [0, 0.1) is 0 Å². The number of halogens is 2. The molecule has 0 saturated heterocycles. The maximum atomic E-state index is 11.9. The molecule has 1 aromatic carbocycles. The third-order valence-corrected chi connectivity index (χ3v) is 3.68. The van der Waals surface area contributed by atoms with E-state index >= 15 is 0 Å². The highest BCUT2D eigenvalue weighted by Gasteiger charge is 2.13. The van der Waals surface area contributed by atoms with Crippen molar-refractivity contribution in [2.75, 3.05) is 5.32 Å². The van der Waals surface area contributed by atoms with Gasteiger partial charge in [0.05, 0.1) is 10.0 Å². The number of amides is 1. The summed E-state index contributed by atoms with van der Waals surface area (Å²) < 4.78 is 0. The van der Waals surface area contributed by atoms with Gasteiger partial charge in [0.25, 0.3) is 5.91 Å². The topological polar surface area (TPSA) is 88.2 Å². The Morgan fingerprint density at radius 3 is 2.58 bits per heavy atom. The second-order valence-corrected chi connectivity index (χ2v) is 5.33. The van der Waals surface area contributed by atoms with Crippen LogP contribution in [0.25, 0.3) is 0 Å². The molecule has 0 saturated carbocycles. The molecular weight excluding hydrogens is 309 g/mol. The fraction of sp³-hybridized carbons (Fsp3) is 0.0909. The van der Waals surface area contributed by atoms with Crippen molar-refractivity contribution in [3.8, 4) is 5.75 Å². The van der Waals surface area contributed by atoms with Gasteiger partial charge in [-0.2, -0.15) is 0 Å². The van der Waals surface area contributed by atoms with Crippen molar-refractivity contribution >= 4 is 46.1 Å². The summed E-state index contributed by atoms with van der Waals surface area (Å²) in [4.78, 5) is 15.9. The summed E-state index contributed by atoms with van der Waals surface area (Å²) in [6, 6.07) is 2.80. The van der Waals surface area contributed by atoms with Crippen LogP contribution in [0.1, 0.15) is 15.5 Å². The molecule has 0 spiro atoms. The first-order chi connectivity index (χ1) is 9.01. The van der Waals surface area contributed by atoms with E-state index in [0.29, 0.717) is 10.7 Å². The zero-order valence-corrected chi connectivity index (χ0v) is 11.8. The molecule has 1 aromatic heterocycles. The smallest absolute Gasteiger partial charge is 0.275 e. The average molecular weight is 318 g/mol. The number of rotatable bonds is 3. The Bertz CT molecular complexity index is 607. The molecular formula is C11H9Cl2N3O2S. The van der Waals surface area contributed by atoms with Gasteiger partial charge in [-0.3, -0.25) is 4.79 Å². The number of phenolic OH excluding ortho intramolecular Hbond substituents is 1. The first-order valence-corrected chi connectivity index (χ1v) is 6.78. The molecule has 0 aliphatic carbocycles. The van der Waals surface area contributed by atoms with E-state index in [4.69, 9.17) is 28.9 Å². The van der Waals surface area contributed by atoms with Crippen LogP contribution in [0.2, 0.25) is 10.0 Å². The molecule has 4 N–H and O–H groups in total. The Kier molecular flexibility index (Phi) is 4.26. The summed E-state index contributed by atoms with van der Waals surface area (Å²) >= 11 is 12.8. The third-order valence-electron chi connectivity index (χ3n) is 2.23. The number of phenols is 1. The predicted molar refractivity (Wildman–Crippen MR) is 76.1 cm³/mol. The second kappa shape index (κ2) is 5.75. The van der Waals surface area contributed by atoms with Gasteiger partial charge in [-0.1, -0.05) is 23.2 Å². The Hall–Kier alpha value is -1.34. The van der Waals surface area contributed by atoms with Crippen molar-refractivity contribution in [3.05, 3.63) is 38.3 Å².